The van der Waals surface area contributed by atoms with Gasteiger partial charge in [-0.15, -0.1) is 0 Å². The van der Waals surface area contributed by atoms with Crippen LogP contribution < -0.4 is 0 Å². The lowest BCUT2D eigenvalue weighted by Gasteiger charge is -2.06. The third-order valence-electron chi connectivity index (χ3n) is 2.78. The number of rotatable bonds is 3. The molecule has 2 aromatic rings. The third kappa shape index (κ3) is 3.44. The highest BCUT2D eigenvalue weighted by molar-refractivity contribution is 9.10. The Morgan fingerprint density at radius 1 is 1.29 bits per heavy atom. The zero-order chi connectivity index (χ0) is 15.8. The number of carboxylic acids is 1. The fourth-order valence-electron chi connectivity index (χ4n) is 1.86. The summed E-state index contributed by atoms with van der Waals surface area (Å²) in [6.45, 7) is -0.207. The first-order chi connectivity index (χ1) is 9.68. The third-order valence-corrected chi connectivity index (χ3v) is 3.27. The number of benzene rings is 1. The zero-order valence-electron chi connectivity index (χ0n) is 10.3. The lowest BCUT2D eigenvalue weighted by molar-refractivity contribution is -0.138. The molecule has 21 heavy (non-hydrogen) atoms. The fraction of sp³-hybridized carbons (Fsp3) is 0.154. The average Bonchev–Trinajstić information content (AvgIpc) is 2.78. The van der Waals surface area contributed by atoms with E-state index in [9.17, 15) is 22.4 Å². The molecule has 1 aromatic heterocycles. The summed E-state index contributed by atoms with van der Waals surface area (Å²) in [7, 11) is 0. The van der Waals surface area contributed by atoms with Crippen molar-refractivity contribution in [2.75, 3.05) is 0 Å². The van der Waals surface area contributed by atoms with Crippen molar-refractivity contribution < 1.29 is 27.5 Å². The van der Waals surface area contributed by atoms with Crippen LogP contribution in [0.15, 0.2) is 35.1 Å². The molecule has 0 aliphatic rings. The van der Waals surface area contributed by atoms with Crippen molar-refractivity contribution in [1.82, 2.24) is 4.57 Å². The number of hydrogen-bond donors (Lipinski definition) is 1. The molecule has 1 heterocycles. The van der Waals surface area contributed by atoms with E-state index in [0.717, 1.165) is 10.8 Å². The van der Waals surface area contributed by atoms with E-state index >= 15 is 0 Å². The lowest BCUT2D eigenvalue weighted by atomic mass is 10.2. The molecular weight excluding hydrogens is 358 g/mol. The van der Waals surface area contributed by atoms with Gasteiger partial charge in [-0.2, -0.15) is 13.2 Å². The van der Waals surface area contributed by atoms with Gasteiger partial charge in [-0.3, -0.25) is 0 Å². The molecule has 0 saturated heterocycles. The van der Waals surface area contributed by atoms with Crippen molar-refractivity contribution in [2.24, 2.45) is 0 Å². The highest BCUT2D eigenvalue weighted by atomic mass is 79.9. The topological polar surface area (TPSA) is 42.2 Å². The van der Waals surface area contributed by atoms with E-state index in [1.807, 2.05) is 0 Å². The number of nitrogens with zero attached hydrogens (tertiary/aromatic N) is 1. The van der Waals surface area contributed by atoms with Crippen LogP contribution in [0.25, 0.3) is 0 Å². The Labute approximate surface area is 124 Å². The largest absolute Gasteiger partial charge is 0.478 e. The molecule has 1 N–H and O–H groups in total. The van der Waals surface area contributed by atoms with Crippen LogP contribution in [0.3, 0.4) is 0 Å². The van der Waals surface area contributed by atoms with E-state index in [1.165, 1.54) is 18.2 Å². The number of aromatic nitrogens is 1. The Morgan fingerprint density at radius 2 is 1.95 bits per heavy atom. The number of carboxylic acid groups (broad SMARTS) is 1. The summed E-state index contributed by atoms with van der Waals surface area (Å²) in [6, 6.07) is 4.05. The van der Waals surface area contributed by atoms with Crippen LogP contribution in [0.4, 0.5) is 17.6 Å². The minimum Gasteiger partial charge on any atom is -0.478 e. The normalized spacial score (nSPS) is 11.7. The number of alkyl halides is 3. The molecule has 0 atom stereocenters. The van der Waals surface area contributed by atoms with Crippen LogP contribution in [0.5, 0.6) is 0 Å². The van der Waals surface area contributed by atoms with Crippen molar-refractivity contribution in [3.8, 4) is 0 Å². The quantitative estimate of drug-likeness (QED) is 0.830. The maximum atomic E-state index is 13.6. The Hall–Kier alpha value is -1.83. The van der Waals surface area contributed by atoms with Crippen molar-refractivity contribution in [2.45, 2.75) is 12.7 Å². The number of aromatic carboxylic acids is 1. The van der Waals surface area contributed by atoms with E-state index in [1.54, 1.807) is 0 Å². The first-order valence-corrected chi connectivity index (χ1v) is 6.42. The van der Waals surface area contributed by atoms with Crippen LogP contribution in [0.2, 0.25) is 0 Å². The molecule has 0 radical (unpaired) electrons. The van der Waals surface area contributed by atoms with E-state index in [-0.39, 0.29) is 12.1 Å². The molecule has 0 aliphatic carbocycles. The van der Waals surface area contributed by atoms with Crippen molar-refractivity contribution in [3.63, 3.8) is 0 Å². The maximum absolute atomic E-state index is 13.6. The van der Waals surface area contributed by atoms with Crippen molar-refractivity contribution >= 4 is 21.9 Å². The van der Waals surface area contributed by atoms with Gasteiger partial charge in [-0.1, -0.05) is 15.9 Å². The molecule has 0 saturated carbocycles. The van der Waals surface area contributed by atoms with Gasteiger partial charge in [-0.25, -0.2) is 9.18 Å². The number of hydrogen-bond acceptors (Lipinski definition) is 1. The molecule has 0 fully saturated rings. The maximum Gasteiger partial charge on any atom is 0.418 e. The summed E-state index contributed by atoms with van der Waals surface area (Å²) in [6.07, 6.45) is -3.29. The van der Waals surface area contributed by atoms with Gasteiger partial charge < -0.3 is 9.67 Å². The molecule has 0 aliphatic heterocycles. The van der Waals surface area contributed by atoms with E-state index < -0.39 is 29.1 Å². The molecule has 2 rings (SSSR count). The van der Waals surface area contributed by atoms with Gasteiger partial charge in [0.1, 0.15) is 5.82 Å². The molecular formula is C13H8BrF4NO2. The monoisotopic (exact) mass is 365 g/mol. The van der Waals surface area contributed by atoms with E-state index in [4.69, 9.17) is 5.11 Å². The Bertz CT molecular complexity index is 694. The van der Waals surface area contributed by atoms with Gasteiger partial charge >= 0.3 is 12.1 Å². The van der Waals surface area contributed by atoms with E-state index in [0.29, 0.717) is 10.7 Å². The SMILES string of the molecule is O=C(O)c1cn(Cc2cc(Br)ccc2F)cc1C(F)(F)F. The summed E-state index contributed by atoms with van der Waals surface area (Å²) >= 11 is 3.13. The molecule has 0 amide bonds. The van der Waals surface area contributed by atoms with Crippen molar-refractivity contribution in [1.29, 1.82) is 0 Å². The Kier molecular flexibility index (Phi) is 4.08. The van der Waals surface area contributed by atoms with Crippen LogP contribution in [0, 0.1) is 5.82 Å². The highest BCUT2D eigenvalue weighted by Crippen LogP contribution is 2.33. The number of halogens is 5. The minimum atomic E-state index is -4.78. The fourth-order valence-corrected chi connectivity index (χ4v) is 2.27. The molecule has 0 bridgehead atoms. The molecule has 112 valence electrons. The summed E-state index contributed by atoms with van der Waals surface area (Å²) in [5.74, 6) is -2.27. The summed E-state index contributed by atoms with van der Waals surface area (Å²) in [5, 5.41) is 8.81. The Balaban J connectivity index is 2.42. The van der Waals surface area contributed by atoms with Gasteiger partial charge in [0.05, 0.1) is 11.1 Å². The zero-order valence-corrected chi connectivity index (χ0v) is 11.9. The second kappa shape index (κ2) is 5.51. The van der Waals surface area contributed by atoms with Gasteiger partial charge in [0.2, 0.25) is 0 Å². The highest BCUT2D eigenvalue weighted by Gasteiger charge is 2.37. The summed E-state index contributed by atoms with van der Waals surface area (Å²) in [5.41, 5.74) is -1.98. The predicted octanol–water partition coefficient (Wildman–Crippen LogP) is 4.16. The van der Waals surface area contributed by atoms with Gasteiger partial charge in [-0.05, 0) is 18.2 Å². The van der Waals surface area contributed by atoms with Gasteiger partial charge in [0.25, 0.3) is 0 Å². The molecule has 1 aromatic carbocycles. The van der Waals surface area contributed by atoms with Crippen LogP contribution >= 0.6 is 15.9 Å². The molecule has 8 heteroatoms. The van der Waals surface area contributed by atoms with E-state index in [2.05, 4.69) is 15.9 Å². The standard InChI is InChI=1S/C13H8BrF4NO2/c14-8-1-2-11(15)7(3-8)4-19-5-9(12(20)21)10(6-19)13(16,17)18/h1-3,5-6H,4H2,(H,20,21). The van der Waals surface area contributed by atoms with Crippen LogP contribution in [-0.2, 0) is 12.7 Å². The predicted molar refractivity (Wildman–Crippen MR) is 69.6 cm³/mol. The smallest absolute Gasteiger partial charge is 0.418 e. The molecule has 3 nitrogen and oxygen atoms in total. The average molecular weight is 366 g/mol. The Morgan fingerprint density at radius 3 is 2.48 bits per heavy atom. The molecule has 0 spiro atoms. The first-order valence-electron chi connectivity index (χ1n) is 5.62. The van der Waals surface area contributed by atoms with Crippen molar-refractivity contribution in [3.05, 3.63) is 57.6 Å². The van der Waals surface area contributed by atoms with Crippen LogP contribution in [0.1, 0.15) is 21.5 Å². The number of carbonyl (C=O) groups is 1. The summed E-state index contributed by atoms with van der Waals surface area (Å²) in [4.78, 5) is 10.9. The second-order valence-corrected chi connectivity index (χ2v) is 5.21. The molecule has 0 unspecified atom stereocenters. The second-order valence-electron chi connectivity index (χ2n) is 4.30. The van der Waals surface area contributed by atoms with Gasteiger partial charge in [0.15, 0.2) is 0 Å². The van der Waals surface area contributed by atoms with Crippen LogP contribution in [-0.4, -0.2) is 15.6 Å². The van der Waals surface area contributed by atoms with Gasteiger partial charge in [0, 0.05) is 29.0 Å². The minimum absolute atomic E-state index is 0.144. The first kappa shape index (κ1) is 15.6. The lowest BCUT2D eigenvalue weighted by Crippen LogP contribution is -2.09. The summed E-state index contributed by atoms with van der Waals surface area (Å²) < 4.78 is 53.4.